The van der Waals surface area contributed by atoms with Gasteiger partial charge in [0.15, 0.2) is 0 Å². The molecule has 12 heavy (non-hydrogen) atoms. The second kappa shape index (κ2) is 3.13. The highest BCUT2D eigenvalue weighted by molar-refractivity contribution is 5.30. The van der Waals surface area contributed by atoms with Crippen molar-refractivity contribution in [1.82, 2.24) is 4.98 Å². The number of pyridine rings is 1. The van der Waals surface area contributed by atoms with Crippen LogP contribution in [0.15, 0.2) is 6.20 Å². The molecule has 0 saturated heterocycles. The minimum Gasteiger partial charge on any atom is -0.228 e. The van der Waals surface area contributed by atoms with Gasteiger partial charge in [-0.15, -0.1) is 0 Å². The smallest absolute Gasteiger partial charge is 0.228 e. The van der Waals surface area contributed by atoms with E-state index in [1.165, 1.54) is 13.8 Å². The molecule has 0 radical (unpaired) electrons. The topological polar surface area (TPSA) is 12.9 Å². The number of hydrogen-bond acceptors (Lipinski definition) is 1. The highest BCUT2D eigenvalue weighted by Gasteiger charge is 2.14. The zero-order valence-corrected chi connectivity index (χ0v) is 6.74. The van der Waals surface area contributed by atoms with Crippen molar-refractivity contribution in [1.29, 1.82) is 0 Å². The Bertz CT molecular complexity index is 297. The minimum absolute atomic E-state index is 0.188. The molecule has 0 bridgehead atoms. The van der Waals surface area contributed by atoms with Gasteiger partial charge in [-0.05, 0) is 19.4 Å². The van der Waals surface area contributed by atoms with E-state index < -0.39 is 12.4 Å². The van der Waals surface area contributed by atoms with Gasteiger partial charge in [-0.25, -0.2) is 13.8 Å². The van der Waals surface area contributed by atoms with Gasteiger partial charge in [0.25, 0.3) is 6.43 Å². The molecular formula is C8H8F3N. The lowest BCUT2D eigenvalue weighted by Crippen LogP contribution is -1.98. The maximum absolute atomic E-state index is 12.7. The summed E-state index contributed by atoms with van der Waals surface area (Å²) in [5.41, 5.74) is 0.263. The van der Waals surface area contributed by atoms with Crippen LogP contribution in [0.1, 0.15) is 23.1 Å². The number of alkyl halides is 2. The van der Waals surface area contributed by atoms with Crippen molar-refractivity contribution >= 4 is 0 Å². The van der Waals surface area contributed by atoms with Crippen LogP contribution in [0.25, 0.3) is 0 Å². The fourth-order valence-electron chi connectivity index (χ4n) is 0.911. The van der Waals surface area contributed by atoms with Crippen molar-refractivity contribution < 1.29 is 13.2 Å². The summed E-state index contributed by atoms with van der Waals surface area (Å²) in [7, 11) is 0. The quantitative estimate of drug-likeness (QED) is 0.598. The predicted molar refractivity (Wildman–Crippen MR) is 38.6 cm³/mol. The lowest BCUT2D eigenvalue weighted by atomic mass is 10.1. The van der Waals surface area contributed by atoms with E-state index in [-0.39, 0.29) is 16.7 Å². The van der Waals surface area contributed by atoms with Crippen LogP contribution in [0.4, 0.5) is 13.2 Å². The third kappa shape index (κ3) is 1.42. The average Bonchev–Trinajstić information content (AvgIpc) is 2.00. The Morgan fingerprint density at radius 2 is 1.83 bits per heavy atom. The van der Waals surface area contributed by atoms with Gasteiger partial charge in [-0.3, -0.25) is 0 Å². The largest absolute Gasteiger partial charge is 0.265 e. The number of rotatable bonds is 1. The van der Waals surface area contributed by atoms with E-state index in [4.69, 9.17) is 0 Å². The van der Waals surface area contributed by atoms with Crippen LogP contribution in [-0.4, -0.2) is 4.98 Å². The Kier molecular flexibility index (Phi) is 2.35. The lowest BCUT2D eigenvalue weighted by molar-refractivity contribution is 0.150. The van der Waals surface area contributed by atoms with Gasteiger partial charge in [0.05, 0.1) is 0 Å². The van der Waals surface area contributed by atoms with Gasteiger partial charge in [-0.2, -0.15) is 4.39 Å². The Morgan fingerprint density at radius 3 is 2.33 bits per heavy atom. The molecule has 0 N–H and O–H groups in total. The van der Waals surface area contributed by atoms with Gasteiger partial charge in [-0.1, -0.05) is 0 Å². The first-order valence-electron chi connectivity index (χ1n) is 3.43. The van der Waals surface area contributed by atoms with E-state index in [0.717, 1.165) is 6.20 Å². The van der Waals surface area contributed by atoms with Crippen LogP contribution in [-0.2, 0) is 0 Å². The molecule has 1 heterocycles. The summed E-state index contributed by atoms with van der Waals surface area (Å²) in [4.78, 5) is 3.21. The molecule has 1 aromatic rings. The van der Waals surface area contributed by atoms with Crippen LogP contribution in [0.3, 0.4) is 0 Å². The number of hydrogen-bond donors (Lipinski definition) is 0. The molecule has 66 valence electrons. The summed E-state index contributed by atoms with van der Waals surface area (Å²) in [6, 6.07) is 0. The molecule has 0 aliphatic heterocycles. The molecule has 0 fully saturated rings. The SMILES string of the molecule is Cc1c(C(F)F)cnc(F)c1C. The van der Waals surface area contributed by atoms with E-state index in [2.05, 4.69) is 4.98 Å². The van der Waals surface area contributed by atoms with Gasteiger partial charge >= 0.3 is 0 Å². The maximum atomic E-state index is 12.7. The van der Waals surface area contributed by atoms with Crippen LogP contribution < -0.4 is 0 Å². The molecule has 0 aromatic carbocycles. The molecule has 4 heteroatoms. The van der Waals surface area contributed by atoms with Crippen molar-refractivity contribution in [2.45, 2.75) is 20.3 Å². The molecule has 0 amide bonds. The van der Waals surface area contributed by atoms with E-state index in [1.807, 2.05) is 0 Å². The summed E-state index contributed by atoms with van der Waals surface area (Å²) in [6.07, 6.45) is -1.71. The zero-order valence-electron chi connectivity index (χ0n) is 6.74. The molecule has 0 saturated carbocycles. The zero-order chi connectivity index (χ0) is 9.30. The molecule has 0 aliphatic carbocycles. The Balaban J connectivity index is 3.27. The van der Waals surface area contributed by atoms with Crippen molar-refractivity contribution in [3.05, 3.63) is 28.8 Å². The van der Waals surface area contributed by atoms with Crippen molar-refractivity contribution in [2.75, 3.05) is 0 Å². The summed E-state index contributed by atoms with van der Waals surface area (Å²) in [5, 5.41) is 0. The van der Waals surface area contributed by atoms with Crippen molar-refractivity contribution in [2.24, 2.45) is 0 Å². The second-order valence-corrected chi connectivity index (χ2v) is 2.56. The Labute approximate surface area is 68.2 Å². The molecule has 1 nitrogen and oxygen atoms in total. The molecule has 0 unspecified atom stereocenters. The molecule has 0 spiro atoms. The van der Waals surface area contributed by atoms with Crippen LogP contribution in [0.5, 0.6) is 0 Å². The van der Waals surface area contributed by atoms with Gasteiger partial charge in [0.2, 0.25) is 5.95 Å². The van der Waals surface area contributed by atoms with Crippen LogP contribution >= 0.6 is 0 Å². The summed E-state index contributed by atoms with van der Waals surface area (Å²) < 4.78 is 37.0. The third-order valence-corrected chi connectivity index (χ3v) is 1.86. The van der Waals surface area contributed by atoms with Gasteiger partial charge in [0.1, 0.15) is 0 Å². The number of halogens is 3. The van der Waals surface area contributed by atoms with E-state index in [9.17, 15) is 13.2 Å². The van der Waals surface area contributed by atoms with Gasteiger partial charge < -0.3 is 0 Å². The first kappa shape index (κ1) is 9.03. The number of nitrogens with zero attached hydrogens (tertiary/aromatic N) is 1. The maximum Gasteiger partial charge on any atom is 0.265 e. The fraction of sp³-hybridized carbons (Fsp3) is 0.375. The number of aromatic nitrogens is 1. The monoisotopic (exact) mass is 175 g/mol. The molecule has 1 aromatic heterocycles. The molecule has 0 atom stereocenters. The van der Waals surface area contributed by atoms with E-state index in [0.29, 0.717) is 0 Å². The predicted octanol–water partition coefficient (Wildman–Crippen LogP) is 2.78. The van der Waals surface area contributed by atoms with Crippen LogP contribution in [0.2, 0.25) is 0 Å². The van der Waals surface area contributed by atoms with E-state index >= 15 is 0 Å². The Morgan fingerprint density at radius 1 is 1.25 bits per heavy atom. The molecular weight excluding hydrogens is 167 g/mol. The van der Waals surface area contributed by atoms with Crippen LogP contribution in [0, 0.1) is 19.8 Å². The Hall–Kier alpha value is -1.06. The first-order chi connectivity index (χ1) is 5.54. The average molecular weight is 175 g/mol. The minimum atomic E-state index is -2.59. The molecule has 1 rings (SSSR count). The fourth-order valence-corrected chi connectivity index (χ4v) is 0.911. The first-order valence-corrected chi connectivity index (χ1v) is 3.43. The third-order valence-electron chi connectivity index (χ3n) is 1.86. The van der Waals surface area contributed by atoms with Crippen molar-refractivity contribution in [3.63, 3.8) is 0 Å². The second-order valence-electron chi connectivity index (χ2n) is 2.56. The summed E-state index contributed by atoms with van der Waals surface area (Å²) in [6.45, 7) is 2.89. The lowest BCUT2D eigenvalue weighted by Gasteiger charge is -2.06. The van der Waals surface area contributed by atoms with Gasteiger partial charge in [0, 0.05) is 17.3 Å². The summed E-state index contributed by atoms with van der Waals surface area (Å²) >= 11 is 0. The van der Waals surface area contributed by atoms with Crippen molar-refractivity contribution in [3.8, 4) is 0 Å². The van der Waals surface area contributed by atoms with E-state index in [1.54, 1.807) is 0 Å². The standard InChI is InChI=1S/C8H8F3N/c1-4-5(2)8(11)12-3-6(4)7(9)10/h3,7H,1-2H3. The highest BCUT2D eigenvalue weighted by Crippen LogP contribution is 2.24. The normalized spacial score (nSPS) is 10.8. The highest BCUT2D eigenvalue weighted by atomic mass is 19.3. The summed E-state index contributed by atoms with van der Waals surface area (Å²) in [5.74, 6) is -0.683. The molecule has 0 aliphatic rings.